The SMILES string of the molecule is Cc1cc(NC(=O)C(=O)c2c(C)[nH]c3ccccc23)n(-c2nc3c(cnn3-c3ccccc3)c(=O)[nH]2)n1. The number of H-pyrrole nitrogens is 2. The van der Waals surface area contributed by atoms with Crippen LogP contribution in [-0.2, 0) is 4.79 Å². The van der Waals surface area contributed by atoms with E-state index in [1.165, 1.54) is 10.9 Å². The molecule has 0 aliphatic carbocycles. The number of hydrogen-bond acceptors (Lipinski definition) is 6. The lowest BCUT2D eigenvalue weighted by molar-refractivity contribution is -0.112. The molecule has 182 valence electrons. The monoisotopic (exact) mass is 492 g/mol. The zero-order valence-electron chi connectivity index (χ0n) is 19.8. The Morgan fingerprint density at radius 3 is 2.49 bits per heavy atom. The van der Waals surface area contributed by atoms with Gasteiger partial charge in [-0.3, -0.25) is 19.4 Å². The Kier molecular flexibility index (Phi) is 5.04. The third kappa shape index (κ3) is 3.69. The van der Waals surface area contributed by atoms with Crippen molar-refractivity contribution in [1.82, 2.24) is 34.5 Å². The molecule has 0 saturated heterocycles. The van der Waals surface area contributed by atoms with Crippen LogP contribution in [0.4, 0.5) is 5.82 Å². The van der Waals surface area contributed by atoms with Crippen molar-refractivity contribution in [1.29, 1.82) is 0 Å². The van der Waals surface area contributed by atoms with Crippen LogP contribution in [0.1, 0.15) is 21.7 Å². The number of aromatic amines is 2. The number of nitrogens with zero attached hydrogens (tertiary/aromatic N) is 5. The van der Waals surface area contributed by atoms with Gasteiger partial charge in [0, 0.05) is 22.7 Å². The maximum atomic E-state index is 13.1. The summed E-state index contributed by atoms with van der Waals surface area (Å²) in [6.45, 7) is 3.47. The molecule has 0 atom stereocenters. The van der Waals surface area contributed by atoms with Crippen LogP contribution in [0.3, 0.4) is 0 Å². The summed E-state index contributed by atoms with van der Waals surface area (Å²) in [5, 5.41) is 12.3. The normalized spacial score (nSPS) is 11.3. The van der Waals surface area contributed by atoms with Gasteiger partial charge in [0.2, 0.25) is 5.95 Å². The fourth-order valence-corrected chi connectivity index (χ4v) is 4.37. The van der Waals surface area contributed by atoms with Gasteiger partial charge in [0.05, 0.1) is 23.1 Å². The van der Waals surface area contributed by atoms with Crippen molar-refractivity contribution in [3.63, 3.8) is 0 Å². The number of benzene rings is 2. The van der Waals surface area contributed by atoms with E-state index in [9.17, 15) is 14.4 Å². The third-order valence-electron chi connectivity index (χ3n) is 6.03. The average Bonchev–Trinajstić information content (AvgIpc) is 3.58. The van der Waals surface area contributed by atoms with E-state index >= 15 is 0 Å². The molecule has 11 heteroatoms. The van der Waals surface area contributed by atoms with Gasteiger partial charge < -0.3 is 10.3 Å². The molecule has 3 N–H and O–H groups in total. The molecule has 11 nitrogen and oxygen atoms in total. The van der Waals surface area contributed by atoms with E-state index in [0.29, 0.717) is 33.4 Å². The fraction of sp³-hybridized carbons (Fsp3) is 0.0769. The van der Waals surface area contributed by atoms with Gasteiger partial charge in [0.25, 0.3) is 17.2 Å². The Morgan fingerprint density at radius 1 is 0.919 bits per heavy atom. The van der Waals surface area contributed by atoms with Gasteiger partial charge in [-0.2, -0.15) is 19.9 Å². The number of Topliss-reactive ketones (excluding diaryl/α,β-unsaturated/α-hetero) is 1. The van der Waals surface area contributed by atoms with Crippen LogP contribution in [0, 0.1) is 13.8 Å². The van der Waals surface area contributed by atoms with Gasteiger partial charge in [-0.15, -0.1) is 0 Å². The van der Waals surface area contributed by atoms with Gasteiger partial charge in [-0.25, -0.2) is 4.68 Å². The number of ketones is 1. The zero-order valence-corrected chi connectivity index (χ0v) is 19.8. The lowest BCUT2D eigenvalue weighted by Crippen LogP contribution is -2.25. The summed E-state index contributed by atoms with van der Waals surface area (Å²) in [5.74, 6) is -1.29. The van der Waals surface area contributed by atoms with Gasteiger partial charge >= 0.3 is 0 Å². The van der Waals surface area contributed by atoms with E-state index in [-0.39, 0.29) is 11.8 Å². The largest absolute Gasteiger partial charge is 0.358 e. The van der Waals surface area contributed by atoms with Gasteiger partial charge in [0.15, 0.2) is 5.65 Å². The highest BCUT2D eigenvalue weighted by molar-refractivity contribution is 6.48. The standard InChI is InChI=1S/C26H20N8O3/c1-14-12-20(29-25(37)22(35)21-15(2)28-19-11-7-6-10-17(19)21)34(32-14)26-30-23-18(24(36)31-26)13-27-33(23)16-8-4-3-5-9-16/h3-13,28H,1-2H3,(H,29,37)(H,30,31,36). The molecule has 1 amide bonds. The van der Waals surface area contributed by atoms with Crippen LogP contribution < -0.4 is 10.9 Å². The predicted molar refractivity (Wildman–Crippen MR) is 137 cm³/mol. The van der Waals surface area contributed by atoms with E-state index < -0.39 is 17.2 Å². The lowest BCUT2D eigenvalue weighted by Gasteiger charge is -2.09. The zero-order chi connectivity index (χ0) is 25.7. The number of aryl methyl sites for hydroxylation is 2. The summed E-state index contributed by atoms with van der Waals surface area (Å²) in [6.07, 6.45) is 1.44. The van der Waals surface area contributed by atoms with Gasteiger partial charge in [0.1, 0.15) is 11.2 Å². The highest BCUT2D eigenvalue weighted by Gasteiger charge is 2.25. The lowest BCUT2D eigenvalue weighted by atomic mass is 10.1. The molecule has 0 unspecified atom stereocenters. The predicted octanol–water partition coefficient (Wildman–Crippen LogP) is 3.21. The quantitative estimate of drug-likeness (QED) is 0.249. The van der Waals surface area contributed by atoms with Crippen molar-refractivity contribution in [2.45, 2.75) is 13.8 Å². The number of carbonyl (C=O) groups is 2. The molecule has 0 fully saturated rings. The fourth-order valence-electron chi connectivity index (χ4n) is 4.37. The Hall–Kier alpha value is -5.32. The molecule has 6 rings (SSSR count). The first-order valence-electron chi connectivity index (χ1n) is 11.4. The number of aromatic nitrogens is 7. The molecule has 2 aromatic carbocycles. The summed E-state index contributed by atoms with van der Waals surface area (Å²) >= 11 is 0. The number of fused-ring (bicyclic) bond motifs is 2. The Labute approximate surface area is 208 Å². The number of hydrogen-bond donors (Lipinski definition) is 3. The number of nitrogens with one attached hydrogen (secondary N) is 3. The molecule has 0 saturated carbocycles. The van der Waals surface area contributed by atoms with Crippen LogP contribution in [0.25, 0.3) is 33.6 Å². The Balaban J connectivity index is 1.39. The maximum Gasteiger partial charge on any atom is 0.298 e. The van der Waals surface area contributed by atoms with Crippen molar-refractivity contribution in [2.75, 3.05) is 5.32 Å². The first kappa shape index (κ1) is 22.2. The van der Waals surface area contributed by atoms with E-state index in [2.05, 4.69) is 30.5 Å². The average molecular weight is 492 g/mol. The van der Waals surface area contributed by atoms with Crippen molar-refractivity contribution >= 4 is 39.4 Å². The second-order valence-corrected chi connectivity index (χ2v) is 8.56. The first-order chi connectivity index (χ1) is 17.9. The van der Waals surface area contributed by atoms with Crippen molar-refractivity contribution in [3.8, 4) is 11.6 Å². The smallest absolute Gasteiger partial charge is 0.298 e. The molecule has 0 aliphatic rings. The summed E-state index contributed by atoms with van der Waals surface area (Å²) < 4.78 is 2.83. The molecule has 0 bridgehead atoms. The number of anilines is 1. The minimum absolute atomic E-state index is 0.0642. The third-order valence-corrected chi connectivity index (χ3v) is 6.03. The van der Waals surface area contributed by atoms with E-state index in [4.69, 9.17) is 0 Å². The van der Waals surface area contributed by atoms with E-state index in [1.807, 2.05) is 42.5 Å². The highest BCUT2D eigenvalue weighted by atomic mass is 16.2. The topological polar surface area (TPSA) is 143 Å². The van der Waals surface area contributed by atoms with Crippen molar-refractivity contribution in [2.24, 2.45) is 0 Å². The highest BCUT2D eigenvalue weighted by Crippen LogP contribution is 2.23. The van der Waals surface area contributed by atoms with Gasteiger partial charge in [-0.05, 0) is 32.0 Å². The second kappa shape index (κ2) is 8.41. The van der Waals surface area contributed by atoms with Crippen LogP contribution in [0.5, 0.6) is 0 Å². The van der Waals surface area contributed by atoms with Gasteiger partial charge in [-0.1, -0.05) is 36.4 Å². The molecule has 4 aromatic heterocycles. The van der Waals surface area contributed by atoms with Crippen LogP contribution >= 0.6 is 0 Å². The van der Waals surface area contributed by atoms with E-state index in [0.717, 1.165) is 11.2 Å². The van der Waals surface area contributed by atoms with Crippen LogP contribution in [0.2, 0.25) is 0 Å². The maximum absolute atomic E-state index is 13.1. The number of para-hydroxylation sites is 2. The molecule has 0 spiro atoms. The number of carbonyl (C=O) groups excluding carboxylic acids is 2. The Morgan fingerprint density at radius 2 is 1.68 bits per heavy atom. The van der Waals surface area contributed by atoms with Crippen LogP contribution in [-0.4, -0.2) is 46.2 Å². The minimum atomic E-state index is -0.841. The summed E-state index contributed by atoms with van der Waals surface area (Å²) in [7, 11) is 0. The molecule has 0 aliphatic heterocycles. The molecular formula is C26H20N8O3. The molecule has 4 heterocycles. The number of rotatable bonds is 5. The second-order valence-electron chi connectivity index (χ2n) is 8.56. The molecular weight excluding hydrogens is 472 g/mol. The summed E-state index contributed by atoms with van der Waals surface area (Å²) in [5.41, 5.74) is 2.84. The van der Waals surface area contributed by atoms with Crippen molar-refractivity contribution in [3.05, 3.63) is 94.2 Å². The molecule has 0 radical (unpaired) electrons. The van der Waals surface area contributed by atoms with Crippen LogP contribution in [0.15, 0.2) is 71.7 Å². The number of amides is 1. The summed E-state index contributed by atoms with van der Waals surface area (Å²) in [4.78, 5) is 49.4. The Bertz CT molecular complexity index is 1890. The molecule has 6 aromatic rings. The summed E-state index contributed by atoms with van der Waals surface area (Å²) in [6, 6.07) is 18.1. The van der Waals surface area contributed by atoms with E-state index in [1.54, 1.807) is 36.7 Å². The minimum Gasteiger partial charge on any atom is -0.358 e. The van der Waals surface area contributed by atoms with Crippen molar-refractivity contribution < 1.29 is 9.59 Å². The first-order valence-corrected chi connectivity index (χ1v) is 11.4. The molecule has 37 heavy (non-hydrogen) atoms.